The Morgan fingerprint density at radius 2 is 1.75 bits per heavy atom. The summed E-state index contributed by atoms with van der Waals surface area (Å²) in [5.74, 6) is 0.499. The third-order valence-corrected chi connectivity index (χ3v) is 2.28. The van der Waals surface area contributed by atoms with Crippen LogP contribution in [0.25, 0.3) is 0 Å². The lowest BCUT2D eigenvalue weighted by atomic mass is 10.1. The van der Waals surface area contributed by atoms with E-state index in [-0.39, 0.29) is 17.2 Å². The number of ether oxygens (including phenoxy) is 2. The highest BCUT2D eigenvalue weighted by molar-refractivity contribution is 5.53. The minimum absolute atomic E-state index is 0.0644. The molecule has 0 fully saturated rings. The van der Waals surface area contributed by atoms with Crippen molar-refractivity contribution in [2.75, 3.05) is 27.8 Å². The van der Waals surface area contributed by atoms with Gasteiger partial charge in [-0.1, -0.05) is 0 Å². The predicted octanol–water partition coefficient (Wildman–Crippen LogP) is 0.662. The molecule has 0 aromatic heterocycles. The van der Waals surface area contributed by atoms with Crippen molar-refractivity contribution in [3.05, 3.63) is 17.7 Å². The lowest BCUT2D eigenvalue weighted by molar-refractivity contribution is 0.176. The highest BCUT2D eigenvalue weighted by Crippen LogP contribution is 2.38. The normalized spacial score (nSPS) is 12.2. The lowest BCUT2D eigenvalue weighted by Crippen LogP contribution is -2.16. The van der Waals surface area contributed by atoms with E-state index < -0.39 is 6.10 Å². The highest BCUT2D eigenvalue weighted by Gasteiger charge is 2.15. The number of phenols is 1. The Balaban J connectivity index is 3.11. The molecule has 90 valence electrons. The molecule has 0 radical (unpaired) electrons. The van der Waals surface area contributed by atoms with Crippen molar-refractivity contribution in [1.29, 1.82) is 0 Å². The van der Waals surface area contributed by atoms with Crippen LogP contribution in [0.15, 0.2) is 12.1 Å². The molecule has 1 atom stereocenters. The molecule has 0 aliphatic rings. The molecular weight excluding hydrogens is 210 g/mol. The van der Waals surface area contributed by atoms with E-state index in [0.29, 0.717) is 12.1 Å². The van der Waals surface area contributed by atoms with Crippen LogP contribution in [-0.4, -0.2) is 38.0 Å². The first kappa shape index (κ1) is 12.6. The Hall–Kier alpha value is -1.46. The maximum absolute atomic E-state index is 9.80. The van der Waals surface area contributed by atoms with Crippen LogP contribution in [0.4, 0.5) is 0 Å². The number of hydrogen-bond donors (Lipinski definition) is 3. The van der Waals surface area contributed by atoms with Gasteiger partial charge in [0.05, 0.1) is 20.3 Å². The Morgan fingerprint density at radius 1 is 1.25 bits per heavy atom. The molecule has 0 saturated carbocycles. The van der Waals surface area contributed by atoms with Crippen LogP contribution in [0.1, 0.15) is 11.7 Å². The topological polar surface area (TPSA) is 71.0 Å². The van der Waals surface area contributed by atoms with Gasteiger partial charge in [0.1, 0.15) is 0 Å². The molecule has 1 rings (SSSR count). The summed E-state index contributed by atoms with van der Waals surface area (Å²) < 4.78 is 9.99. The second kappa shape index (κ2) is 5.58. The zero-order chi connectivity index (χ0) is 12.1. The molecule has 0 aliphatic heterocycles. The van der Waals surface area contributed by atoms with Gasteiger partial charge >= 0.3 is 0 Å². The van der Waals surface area contributed by atoms with Gasteiger partial charge in [-0.2, -0.15) is 0 Å². The quantitative estimate of drug-likeness (QED) is 0.689. The van der Waals surface area contributed by atoms with Crippen LogP contribution in [0.5, 0.6) is 17.2 Å². The zero-order valence-corrected chi connectivity index (χ0v) is 9.65. The zero-order valence-electron chi connectivity index (χ0n) is 9.65. The van der Waals surface area contributed by atoms with Crippen LogP contribution >= 0.6 is 0 Å². The summed E-state index contributed by atoms with van der Waals surface area (Å²) in [7, 11) is 4.64. The van der Waals surface area contributed by atoms with Crippen molar-refractivity contribution >= 4 is 0 Å². The number of phenolic OH excluding ortho intramolecular Hbond substituents is 1. The summed E-state index contributed by atoms with van der Waals surface area (Å²) in [5.41, 5.74) is 0.626. The van der Waals surface area contributed by atoms with E-state index in [1.54, 1.807) is 19.2 Å². The summed E-state index contributed by atoms with van der Waals surface area (Å²) >= 11 is 0. The molecule has 0 saturated heterocycles. The van der Waals surface area contributed by atoms with Gasteiger partial charge in [-0.05, 0) is 24.7 Å². The van der Waals surface area contributed by atoms with Gasteiger partial charge in [0.2, 0.25) is 5.75 Å². The van der Waals surface area contributed by atoms with Crippen molar-refractivity contribution < 1.29 is 19.7 Å². The molecule has 0 heterocycles. The van der Waals surface area contributed by atoms with Crippen molar-refractivity contribution in [3.8, 4) is 17.2 Å². The average molecular weight is 227 g/mol. The number of aromatic hydroxyl groups is 1. The second-order valence-corrected chi connectivity index (χ2v) is 3.35. The van der Waals surface area contributed by atoms with Crippen LogP contribution in [0, 0.1) is 0 Å². The maximum Gasteiger partial charge on any atom is 0.200 e. The number of methoxy groups -OCH3 is 2. The summed E-state index contributed by atoms with van der Waals surface area (Å²) in [6.45, 7) is 0.414. The van der Waals surface area contributed by atoms with Gasteiger partial charge in [-0.15, -0.1) is 0 Å². The molecular formula is C11H17NO4. The molecule has 3 N–H and O–H groups in total. The van der Waals surface area contributed by atoms with E-state index in [4.69, 9.17) is 9.47 Å². The summed E-state index contributed by atoms with van der Waals surface area (Å²) in [6.07, 6.45) is -0.673. The van der Waals surface area contributed by atoms with E-state index in [2.05, 4.69) is 5.32 Å². The van der Waals surface area contributed by atoms with Crippen molar-refractivity contribution in [3.63, 3.8) is 0 Å². The maximum atomic E-state index is 9.80. The minimum atomic E-state index is -0.673. The monoisotopic (exact) mass is 227 g/mol. The van der Waals surface area contributed by atoms with Crippen molar-refractivity contribution in [2.24, 2.45) is 0 Å². The highest BCUT2D eigenvalue weighted by atomic mass is 16.5. The molecule has 0 amide bonds. The SMILES string of the molecule is CNCC(O)c1cc(OC)c(O)c(OC)c1. The fourth-order valence-electron chi connectivity index (χ4n) is 1.42. The first-order chi connectivity index (χ1) is 7.63. The first-order valence-electron chi connectivity index (χ1n) is 4.91. The standard InChI is InChI=1S/C11H17NO4/c1-12-6-8(13)7-4-9(15-2)11(14)10(5-7)16-3/h4-5,8,12-14H,6H2,1-3H3. The van der Waals surface area contributed by atoms with Gasteiger partial charge < -0.3 is 25.0 Å². The van der Waals surface area contributed by atoms with Gasteiger partial charge in [0.25, 0.3) is 0 Å². The number of rotatable bonds is 5. The van der Waals surface area contributed by atoms with Crippen LogP contribution in [0.3, 0.4) is 0 Å². The lowest BCUT2D eigenvalue weighted by Gasteiger charge is -2.15. The summed E-state index contributed by atoms with van der Waals surface area (Å²) in [4.78, 5) is 0. The largest absolute Gasteiger partial charge is 0.502 e. The van der Waals surface area contributed by atoms with E-state index >= 15 is 0 Å². The molecule has 1 aromatic carbocycles. The summed E-state index contributed by atoms with van der Waals surface area (Å²) in [5, 5.41) is 22.3. The number of benzene rings is 1. The molecule has 0 aliphatic carbocycles. The number of nitrogens with one attached hydrogen (secondary N) is 1. The fraction of sp³-hybridized carbons (Fsp3) is 0.455. The molecule has 5 heteroatoms. The van der Waals surface area contributed by atoms with Gasteiger partial charge in [0, 0.05) is 6.54 Å². The van der Waals surface area contributed by atoms with Gasteiger partial charge in [-0.3, -0.25) is 0 Å². The van der Waals surface area contributed by atoms with Gasteiger partial charge in [-0.25, -0.2) is 0 Å². The number of likely N-dealkylation sites (N-methyl/N-ethyl adjacent to an activating group) is 1. The fourth-order valence-corrected chi connectivity index (χ4v) is 1.42. The minimum Gasteiger partial charge on any atom is -0.502 e. The molecule has 1 aromatic rings. The third kappa shape index (κ3) is 2.56. The number of aliphatic hydroxyl groups excluding tert-OH is 1. The Morgan fingerprint density at radius 3 is 2.12 bits per heavy atom. The molecule has 5 nitrogen and oxygen atoms in total. The number of hydrogen-bond acceptors (Lipinski definition) is 5. The molecule has 0 bridgehead atoms. The third-order valence-electron chi connectivity index (χ3n) is 2.28. The summed E-state index contributed by atoms with van der Waals surface area (Å²) in [6, 6.07) is 3.17. The van der Waals surface area contributed by atoms with E-state index in [1.807, 2.05) is 0 Å². The Bertz CT molecular complexity index is 329. The first-order valence-corrected chi connectivity index (χ1v) is 4.91. The van der Waals surface area contributed by atoms with E-state index in [9.17, 15) is 10.2 Å². The number of aliphatic hydroxyl groups is 1. The molecule has 0 spiro atoms. The molecule has 16 heavy (non-hydrogen) atoms. The van der Waals surface area contributed by atoms with Gasteiger partial charge in [0.15, 0.2) is 11.5 Å². The van der Waals surface area contributed by atoms with E-state index in [1.165, 1.54) is 14.2 Å². The average Bonchev–Trinajstić information content (AvgIpc) is 2.29. The smallest absolute Gasteiger partial charge is 0.200 e. The second-order valence-electron chi connectivity index (χ2n) is 3.35. The van der Waals surface area contributed by atoms with Crippen molar-refractivity contribution in [2.45, 2.75) is 6.10 Å². The van der Waals surface area contributed by atoms with E-state index in [0.717, 1.165) is 0 Å². The Kier molecular flexibility index (Phi) is 4.39. The van der Waals surface area contributed by atoms with Crippen LogP contribution < -0.4 is 14.8 Å². The molecule has 1 unspecified atom stereocenters. The van der Waals surface area contributed by atoms with Crippen LogP contribution in [0.2, 0.25) is 0 Å². The predicted molar refractivity (Wildman–Crippen MR) is 60.1 cm³/mol. The van der Waals surface area contributed by atoms with Crippen LogP contribution in [-0.2, 0) is 0 Å². The van der Waals surface area contributed by atoms with Crippen molar-refractivity contribution in [1.82, 2.24) is 5.32 Å². The Labute approximate surface area is 94.6 Å².